The molecule has 0 saturated carbocycles. The molecule has 0 aliphatic rings. The minimum atomic E-state index is -3.97. The van der Waals surface area contributed by atoms with Gasteiger partial charge in [0.05, 0.1) is 4.90 Å². The first-order chi connectivity index (χ1) is 9.38. The molecule has 0 atom stereocenters. The zero-order valence-electron chi connectivity index (χ0n) is 10.5. The zero-order valence-corrected chi connectivity index (χ0v) is 12.1. The maximum atomic E-state index is 12.0. The molecule has 1 aromatic carbocycles. The molecule has 1 amide bonds. The van der Waals surface area contributed by atoms with Gasteiger partial charge in [0.1, 0.15) is 5.69 Å². The molecule has 0 aliphatic heterocycles. The Morgan fingerprint density at radius 2 is 2.00 bits per heavy atom. The van der Waals surface area contributed by atoms with Crippen LogP contribution in [0.1, 0.15) is 16.1 Å². The number of nitrogens with one attached hydrogen (secondary N) is 1. The lowest BCUT2D eigenvalue weighted by Crippen LogP contribution is -2.31. The molecule has 5 nitrogen and oxygen atoms in total. The van der Waals surface area contributed by atoms with Crippen LogP contribution in [0.3, 0.4) is 0 Å². The molecule has 1 N–H and O–H groups in total. The Morgan fingerprint density at radius 1 is 1.25 bits per heavy atom. The molecule has 2 aromatic rings. The standard InChI is InChI=1S/C13H11ClN2O3S/c1-9-5-6-15-12(7-9)13(17)16-20(18,19)11-4-2-3-10(14)8-11/h2-8H,1H3,(H,16,17). The summed E-state index contributed by atoms with van der Waals surface area (Å²) in [5, 5.41) is 0.272. The number of pyridine rings is 1. The van der Waals surface area contributed by atoms with Gasteiger partial charge >= 0.3 is 0 Å². The largest absolute Gasteiger partial charge is 0.283 e. The topological polar surface area (TPSA) is 76.1 Å². The van der Waals surface area contributed by atoms with Crippen LogP contribution in [-0.4, -0.2) is 19.3 Å². The lowest BCUT2D eigenvalue weighted by molar-refractivity contribution is 0.0976. The van der Waals surface area contributed by atoms with Gasteiger partial charge in [0.25, 0.3) is 15.9 Å². The normalized spacial score (nSPS) is 11.1. The minimum absolute atomic E-state index is 0.0376. The highest BCUT2D eigenvalue weighted by atomic mass is 35.5. The fourth-order valence-corrected chi connectivity index (χ4v) is 2.79. The summed E-state index contributed by atoms with van der Waals surface area (Å²) < 4.78 is 26.0. The first-order valence-corrected chi connectivity index (χ1v) is 7.50. The Hall–Kier alpha value is -1.92. The number of benzene rings is 1. The second-order valence-corrected chi connectivity index (χ2v) is 6.23. The SMILES string of the molecule is Cc1ccnc(C(=O)NS(=O)(=O)c2cccc(Cl)c2)c1. The predicted octanol–water partition coefficient (Wildman–Crippen LogP) is 2.16. The van der Waals surface area contributed by atoms with Crippen molar-refractivity contribution < 1.29 is 13.2 Å². The quantitative estimate of drug-likeness (QED) is 0.942. The predicted molar refractivity (Wildman–Crippen MR) is 75.1 cm³/mol. The molecular formula is C13H11ClN2O3S. The van der Waals surface area contributed by atoms with Gasteiger partial charge < -0.3 is 0 Å². The number of rotatable bonds is 3. The summed E-state index contributed by atoms with van der Waals surface area (Å²) in [6.45, 7) is 1.78. The maximum absolute atomic E-state index is 12.0. The van der Waals surface area contributed by atoms with Gasteiger partial charge in [-0.25, -0.2) is 13.1 Å². The molecule has 1 heterocycles. The van der Waals surface area contributed by atoms with E-state index in [0.29, 0.717) is 0 Å². The van der Waals surface area contributed by atoms with Crippen LogP contribution >= 0.6 is 11.6 Å². The Morgan fingerprint density at radius 3 is 2.65 bits per heavy atom. The lowest BCUT2D eigenvalue weighted by atomic mass is 10.2. The molecule has 0 saturated heterocycles. The molecule has 0 fully saturated rings. The van der Waals surface area contributed by atoms with Gasteiger partial charge in [-0.05, 0) is 42.8 Å². The van der Waals surface area contributed by atoms with Gasteiger partial charge in [0.2, 0.25) is 0 Å². The Balaban J connectivity index is 2.27. The van der Waals surface area contributed by atoms with Crippen molar-refractivity contribution in [2.75, 3.05) is 0 Å². The first-order valence-electron chi connectivity index (χ1n) is 5.64. The third-order valence-electron chi connectivity index (χ3n) is 2.48. The Bertz CT molecular complexity index is 760. The summed E-state index contributed by atoms with van der Waals surface area (Å²) >= 11 is 5.74. The van der Waals surface area contributed by atoms with Crippen LogP contribution in [0.2, 0.25) is 5.02 Å². The molecule has 104 valence electrons. The fourth-order valence-electron chi connectivity index (χ4n) is 1.53. The number of carbonyl (C=O) groups excluding carboxylic acids is 1. The summed E-state index contributed by atoms with van der Waals surface area (Å²) in [5.41, 5.74) is 0.848. The highest BCUT2D eigenvalue weighted by molar-refractivity contribution is 7.90. The van der Waals surface area contributed by atoms with Crippen molar-refractivity contribution in [2.24, 2.45) is 0 Å². The van der Waals surface area contributed by atoms with Crippen LogP contribution in [-0.2, 0) is 10.0 Å². The van der Waals surface area contributed by atoms with Gasteiger partial charge in [-0.1, -0.05) is 17.7 Å². The van der Waals surface area contributed by atoms with E-state index in [1.807, 2.05) is 4.72 Å². The van der Waals surface area contributed by atoms with Gasteiger partial charge in [-0.3, -0.25) is 9.78 Å². The van der Waals surface area contributed by atoms with Crippen LogP contribution < -0.4 is 4.72 Å². The number of halogens is 1. The molecule has 1 aromatic heterocycles. The van der Waals surface area contributed by atoms with Crippen molar-refractivity contribution in [1.82, 2.24) is 9.71 Å². The summed E-state index contributed by atoms with van der Waals surface area (Å²) in [4.78, 5) is 15.6. The Labute approximate surface area is 121 Å². The van der Waals surface area contributed by atoms with E-state index in [1.165, 1.54) is 30.5 Å². The number of nitrogens with zero attached hydrogens (tertiary/aromatic N) is 1. The molecule has 0 radical (unpaired) electrons. The number of hydrogen-bond donors (Lipinski definition) is 1. The van der Waals surface area contributed by atoms with Crippen LogP contribution in [0.15, 0.2) is 47.5 Å². The van der Waals surface area contributed by atoms with E-state index in [1.54, 1.807) is 19.1 Å². The Kier molecular flexibility index (Phi) is 4.06. The average Bonchev–Trinajstić information content (AvgIpc) is 2.38. The molecule has 20 heavy (non-hydrogen) atoms. The van der Waals surface area contributed by atoms with E-state index in [0.717, 1.165) is 5.56 Å². The van der Waals surface area contributed by atoms with E-state index in [-0.39, 0.29) is 15.6 Å². The van der Waals surface area contributed by atoms with Crippen molar-refractivity contribution in [3.8, 4) is 0 Å². The molecule has 0 unspecified atom stereocenters. The van der Waals surface area contributed by atoms with Crippen LogP contribution in [0, 0.1) is 6.92 Å². The first kappa shape index (κ1) is 14.5. The highest BCUT2D eigenvalue weighted by Gasteiger charge is 2.19. The molecular weight excluding hydrogens is 300 g/mol. The number of amides is 1. The van der Waals surface area contributed by atoms with Crippen molar-refractivity contribution in [1.29, 1.82) is 0 Å². The maximum Gasteiger partial charge on any atom is 0.283 e. The van der Waals surface area contributed by atoms with Gasteiger partial charge in [-0.2, -0.15) is 0 Å². The van der Waals surface area contributed by atoms with Crippen LogP contribution in [0.4, 0.5) is 0 Å². The monoisotopic (exact) mass is 310 g/mol. The minimum Gasteiger partial charge on any atom is -0.266 e. The number of aryl methyl sites for hydroxylation is 1. The molecule has 0 aliphatic carbocycles. The number of carbonyl (C=O) groups is 1. The third kappa shape index (κ3) is 3.34. The molecule has 7 heteroatoms. The summed E-state index contributed by atoms with van der Waals surface area (Å²) in [6.07, 6.45) is 1.44. The van der Waals surface area contributed by atoms with Crippen molar-refractivity contribution in [2.45, 2.75) is 11.8 Å². The smallest absolute Gasteiger partial charge is 0.266 e. The molecule has 2 rings (SSSR count). The van der Waals surface area contributed by atoms with Crippen LogP contribution in [0.25, 0.3) is 0 Å². The number of sulfonamides is 1. The van der Waals surface area contributed by atoms with Crippen LogP contribution in [0.5, 0.6) is 0 Å². The summed E-state index contributed by atoms with van der Waals surface area (Å²) in [7, 11) is -3.97. The van der Waals surface area contributed by atoms with E-state index in [9.17, 15) is 13.2 Å². The van der Waals surface area contributed by atoms with E-state index < -0.39 is 15.9 Å². The van der Waals surface area contributed by atoms with Gasteiger partial charge in [-0.15, -0.1) is 0 Å². The lowest BCUT2D eigenvalue weighted by Gasteiger charge is -2.07. The highest BCUT2D eigenvalue weighted by Crippen LogP contribution is 2.15. The fraction of sp³-hybridized carbons (Fsp3) is 0.0769. The van der Waals surface area contributed by atoms with E-state index >= 15 is 0 Å². The second-order valence-electron chi connectivity index (χ2n) is 4.11. The van der Waals surface area contributed by atoms with Gasteiger partial charge in [0, 0.05) is 11.2 Å². The number of hydrogen-bond acceptors (Lipinski definition) is 4. The summed E-state index contributed by atoms with van der Waals surface area (Å²) in [6, 6.07) is 8.87. The zero-order chi connectivity index (χ0) is 14.8. The van der Waals surface area contributed by atoms with Crippen molar-refractivity contribution in [3.63, 3.8) is 0 Å². The molecule has 0 spiro atoms. The third-order valence-corrected chi connectivity index (χ3v) is 4.05. The number of aromatic nitrogens is 1. The van der Waals surface area contributed by atoms with E-state index in [2.05, 4.69) is 4.98 Å². The molecule has 0 bridgehead atoms. The average molecular weight is 311 g/mol. The van der Waals surface area contributed by atoms with Gasteiger partial charge in [0.15, 0.2) is 0 Å². The second kappa shape index (κ2) is 5.60. The van der Waals surface area contributed by atoms with Crippen molar-refractivity contribution in [3.05, 3.63) is 58.9 Å². The van der Waals surface area contributed by atoms with Crippen molar-refractivity contribution >= 4 is 27.5 Å². The van der Waals surface area contributed by atoms with E-state index in [4.69, 9.17) is 11.6 Å². The summed E-state index contributed by atoms with van der Waals surface area (Å²) in [5.74, 6) is -0.784.